The third-order valence-electron chi connectivity index (χ3n) is 4.63. The fourth-order valence-electron chi connectivity index (χ4n) is 3.34. The van der Waals surface area contributed by atoms with E-state index >= 15 is 0 Å². The Kier molecular flexibility index (Phi) is 4.89. The van der Waals surface area contributed by atoms with Crippen molar-refractivity contribution in [2.75, 3.05) is 24.2 Å². The van der Waals surface area contributed by atoms with Crippen LogP contribution < -0.4 is 10.6 Å². The summed E-state index contributed by atoms with van der Waals surface area (Å²) >= 11 is 0. The highest BCUT2D eigenvalue weighted by Gasteiger charge is 2.23. The molecule has 1 aromatic carbocycles. The van der Waals surface area contributed by atoms with Crippen molar-refractivity contribution in [1.82, 2.24) is 9.97 Å². The highest BCUT2D eigenvalue weighted by molar-refractivity contribution is 7.90. The first-order valence-corrected chi connectivity index (χ1v) is 10.2. The summed E-state index contributed by atoms with van der Waals surface area (Å²) in [5.41, 5.74) is 5.98. The van der Waals surface area contributed by atoms with E-state index in [1.807, 2.05) is 0 Å². The maximum atomic E-state index is 11.9. The normalized spacial score (nSPS) is 18.4. The molecule has 1 aliphatic heterocycles. The third-order valence-corrected chi connectivity index (χ3v) is 5.74. The number of sulfone groups is 1. The molecule has 1 amide bonds. The lowest BCUT2D eigenvalue weighted by Gasteiger charge is -2.34. The molecule has 2 aromatic rings. The van der Waals surface area contributed by atoms with Crippen LogP contribution in [0.5, 0.6) is 0 Å². The van der Waals surface area contributed by atoms with Crippen LogP contribution in [0.1, 0.15) is 25.7 Å². The first-order chi connectivity index (χ1) is 11.8. The van der Waals surface area contributed by atoms with Crippen LogP contribution in [0.15, 0.2) is 29.4 Å². The van der Waals surface area contributed by atoms with Gasteiger partial charge in [0.1, 0.15) is 12.1 Å². The molecule has 0 spiro atoms. The Morgan fingerprint density at radius 2 is 2.16 bits per heavy atom. The summed E-state index contributed by atoms with van der Waals surface area (Å²) in [6, 6.07) is 4.93. The van der Waals surface area contributed by atoms with E-state index in [2.05, 4.69) is 14.9 Å². The van der Waals surface area contributed by atoms with Gasteiger partial charge in [-0.15, -0.1) is 0 Å². The number of piperidine rings is 1. The summed E-state index contributed by atoms with van der Waals surface area (Å²) in [6.07, 6.45) is 5.91. The predicted octanol–water partition coefficient (Wildman–Crippen LogP) is 1.52. The summed E-state index contributed by atoms with van der Waals surface area (Å²) in [4.78, 5) is 22.1. The van der Waals surface area contributed by atoms with E-state index in [1.165, 1.54) is 12.6 Å². The zero-order valence-corrected chi connectivity index (χ0v) is 15.0. The number of nitrogens with two attached hydrogens (primary N) is 1. The predicted molar refractivity (Wildman–Crippen MR) is 96.0 cm³/mol. The fraction of sp³-hybridized carbons (Fsp3) is 0.471. The van der Waals surface area contributed by atoms with Gasteiger partial charge in [0.2, 0.25) is 5.91 Å². The number of amides is 1. The quantitative estimate of drug-likeness (QED) is 0.864. The van der Waals surface area contributed by atoms with Crippen LogP contribution in [0, 0.1) is 5.92 Å². The number of benzene rings is 1. The van der Waals surface area contributed by atoms with Gasteiger partial charge in [-0.2, -0.15) is 0 Å². The van der Waals surface area contributed by atoms with Gasteiger partial charge in [0.25, 0.3) is 0 Å². The van der Waals surface area contributed by atoms with Crippen LogP contribution in [0.3, 0.4) is 0 Å². The molecule has 3 rings (SSSR count). The average molecular weight is 362 g/mol. The van der Waals surface area contributed by atoms with Crippen LogP contribution >= 0.6 is 0 Å². The van der Waals surface area contributed by atoms with Crippen molar-refractivity contribution in [3.8, 4) is 0 Å². The Hall–Kier alpha value is -2.22. The van der Waals surface area contributed by atoms with Gasteiger partial charge in [0, 0.05) is 31.2 Å². The molecule has 25 heavy (non-hydrogen) atoms. The number of nitrogens with zero attached hydrogens (tertiary/aromatic N) is 3. The van der Waals surface area contributed by atoms with E-state index in [9.17, 15) is 13.2 Å². The molecule has 1 aliphatic rings. The molecule has 0 bridgehead atoms. The van der Waals surface area contributed by atoms with Crippen molar-refractivity contribution < 1.29 is 13.2 Å². The summed E-state index contributed by atoms with van der Waals surface area (Å²) in [5, 5.41) is 0.737. The molecular weight excluding hydrogens is 340 g/mol. The fourth-order valence-corrected chi connectivity index (χ4v) is 3.99. The summed E-state index contributed by atoms with van der Waals surface area (Å²) in [5.74, 6) is 0.853. The zero-order valence-electron chi connectivity index (χ0n) is 14.2. The molecule has 1 aromatic heterocycles. The molecular formula is C17H22N4O3S. The number of primary amides is 1. The average Bonchev–Trinajstić information content (AvgIpc) is 2.58. The lowest BCUT2D eigenvalue weighted by Crippen LogP contribution is -2.36. The van der Waals surface area contributed by atoms with Gasteiger partial charge in [-0.05, 0) is 43.4 Å². The summed E-state index contributed by atoms with van der Waals surface area (Å²) in [7, 11) is -3.30. The second-order valence-corrected chi connectivity index (χ2v) is 8.62. The van der Waals surface area contributed by atoms with E-state index < -0.39 is 9.84 Å². The smallest absolute Gasteiger partial charge is 0.217 e. The molecule has 0 radical (unpaired) electrons. The van der Waals surface area contributed by atoms with Gasteiger partial charge in [-0.25, -0.2) is 18.4 Å². The van der Waals surface area contributed by atoms with Crippen molar-refractivity contribution in [3.63, 3.8) is 0 Å². The number of rotatable bonds is 5. The largest absolute Gasteiger partial charge is 0.370 e. The van der Waals surface area contributed by atoms with Crippen LogP contribution in [-0.2, 0) is 14.6 Å². The Morgan fingerprint density at radius 3 is 2.88 bits per heavy atom. The molecule has 1 saturated heterocycles. The first-order valence-electron chi connectivity index (χ1n) is 8.32. The van der Waals surface area contributed by atoms with E-state index in [0.717, 1.165) is 49.1 Å². The molecule has 0 saturated carbocycles. The van der Waals surface area contributed by atoms with E-state index in [1.54, 1.807) is 18.2 Å². The molecule has 1 fully saturated rings. The highest BCUT2D eigenvalue weighted by Crippen LogP contribution is 2.30. The third kappa shape index (κ3) is 4.07. The minimum absolute atomic E-state index is 0.262. The molecule has 134 valence electrons. The lowest BCUT2D eigenvalue weighted by molar-refractivity contribution is -0.118. The number of fused-ring (bicyclic) bond motifs is 1. The second-order valence-electron chi connectivity index (χ2n) is 6.61. The topological polar surface area (TPSA) is 106 Å². The van der Waals surface area contributed by atoms with Crippen LogP contribution in [-0.4, -0.2) is 43.6 Å². The highest BCUT2D eigenvalue weighted by atomic mass is 32.2. The maximum Gasteiger partial charge on any atom is 0.217 e. The van der Waals surface area contributed by atoms with Gasteiger partial charge in [-0.3, -0.25) is 4.79 Å². The minimum Gasteiger partial charge on any atom is -0.370 e. The number of aromatic nitrogens is 2. The Balaban J connectivity index is 1.93. The van der Waals surface area contributed by atoms with Gasteiger partial charge >= 0.3 is 0 Å². The number of carbonyl (C=O) groups excluding carboxylic acids is 1. The molecule has 7 nitrogen and oxygen atoms in total. The first kappa shape index (κ1) is 17.6. The second kappa shape index (κ2) is 6.95. The SMILES string of the molecule is CS(=O)(=O)c1ccc2ncnc(N3CCCC(CCC(N)=O)C3)c2c1. The van der Waals surface area contributed by atoms with E-state index in [4.69, 9.17) is 5.73 Å². The minimum atomic E-state index is -3.30. The maximum absolute atomic E-state index is 11.9. The molecule has 8 heteroatoms. The van der Waals surface area contributed by atoms with Crippen LogP contribution in [0.2, 0.25) is 0 Å². The Labute approximate surface area is 147 Å². The lowest BCUT2D eigenvalue weighted by atomic mass is 9.93. The van der Waals surface area contributed by atoms with Crippen LogP contribution in [0.25, 0.3) is 10.9 Å². The van der Waals surface area contributed by atoms with Crippen molar-refractivity contribution in [3.05, 3.63) is 24.5 Å². The van der Waals surface area contributed by atoms with E-state index in [0.29, 0.717) is 12.3 Å². The van der Waals surface area contributed by atoms with Gasteiger partial charge in [-0.1, -0.05) is 0 Å². The standard InChI is InChI=1S/C17H22N4O3S/c1-25(23,24)13-5-6-15-14(9-13)17(20-11-19-15)21-8-2-3-12(10-21)4-7-16(18)22/h5-6,9,11-12H,2-4,7-8,10H2,1H3,(H2,18,22). The van der Waals surface area contributed by atoms with Gasteiger partial charge in [0.15, 0.2) is 9.84 Å². The Bertz CT molecular complexity index is 898. The monoisotopic (exact) mass is 362 g/mol. The van der Waals surface area contributed by atoms with Gasteiger partial charge < -0.3 is 10.6 Å². The molecule has 1 atom stereocenters. The summed E-state index contributed by atoms with van der Waals surface area (Å²) < 4.78 is 23.7. The van der Waals surface area contributed by atoms with Crippen molar-refractivity contribution >= 4 is 32.5 Å². The van der Waals surface area contributed by atoms with Crippen molar-refractivity contribution in [2.24, 2.45) is 11.7 Å². The van der Waals surface area contributed by atoms with Crippen molar-refractivity contribution in [1.29, 1.82) is 0 Å². The number of anilines is 1. The summed E-state index contributed by atoms with van der Waals surface area (Å²) in [6.45, 7) is 1.63. The Morgan fingerprint density at radius 1 is 1.36 bits per heavy atom. The number of hydrogen-bond acceptors (Lipinski definition) is 6. The molecule has 2 N–H and O–H groups in total. The number of hydrogen-bond donors (Lipinski definition) is 1. The number of carbonyl (C=O) groups is 1. The van der Waals surface area contributed by atoms with Crippen molar-refractivity contribution in [2.45, 2.75) is 30.6 Å². The van der Waals surface area contributed by atoms with E-state index in [-0.39, 0.29) is 10.8 Å². The van der Waals surface area contributed by atoms with Crippen LogP contribution in [0.4, 0.5) is 5.82 Å². The molecule has 1 unspecified atom stereocenters. The molecule has 0 aliphatic carbocycles. The zero-order chi connectivity index (χ0) is 18.0. The van der Waals surface area contributed by atoms with Gasteiger partial charge in [0.05, 0.1) is 10.4 Å². The molecule has 2 heterocycles.